The number of aryl methyl sites for hydroxylation is 1. The number of nitrogens with one attached hydrogen (secondary N) is 4. The van der Waals surface area contributed by atoms with Gasteiger partial charge in [-0.25, -0.2) is 19.7 Å². The van der Waals surface area contributed by atoms with E-state index in [0.29, 0.717) is 17.2 Å². The van der Waals surface area contributed by atoms with Gasteiger partial charge in [0.25, 0.3) is 11.5 Å². The van der Waals surface area contributed by atoms with Crippen molar-refractivity contribution in [3.63, 3.8) is 0 Å². The Morgan fingerprint density at radius 3 is 2.47 bits per heavy atom. The molecule has 13 heteroatoms. The molecular formula is C25H29N7O6. The molecule has 0 spiro atoms. The lowest BCUT2D eigenvalue weighted by molar-refractivity contribution is -0.139. The van der Waals surface area contributed by atoms with E-state index >= 15 is 0 Å². The van der Waals surface area contributed by atoms with Gasteiger partial charge in [-0.1, -0.05) is 6.92 Å². The minimum absolute atomic E-state index is 0.00767. The first-order chi connectivity index (χ1) is 18.1. The molecule has 38 heavy (non-hydrogen) atoms. The topological polar surface area (TPSA) is 196 Å². The minimum Gasteiger partial charge on any atom is -0.480 e. The number of carbonyl (C=O) groups excluding carboxylic acids is 3. The van der Waals surface area contributed by atoms with Crippen molar-refractivity contribution in [3.8, 4) is 0 Å². The highest BCUT2D eigenvalue weighted by molar-refractivity contribution is 5.97. The number of anilines is 1. The number of hydrogen-bond donors (Lipinski definition) is 5. The van der Waals surface area contributed by atoms with Crippen molar-refractivity contribution in [2.45, 2.75) is 45.7 Å². The molecule has 0 aliphatic carbocycles. The van der Waals surface area contributed by atoms with Crippen molar-refractivity contribution in [2.24, 2.45) is 5.92 Å². The van der Waals surface area contributed by atoms with Crippen molar-refractivity contribution < 1.29 is 24.3 Å². The SMILES string of the molecule is CNC(=O)[C@H](C)CC(=O)CC[C@H](NC(=O)c1ccc(NCc2cnc3nc(C)[nH]c(=O)c3n2)cc1)C(=O)O. The molecule has 2 amide bonds. The number of amides is 2. The summed E-state index contributed by atoms with van der Waals surface area (Å²) in [6.45, 7) is 3.53. The number of carboxylic acids is 1. The van der Waals surface area contributed by atoms with Gasteiger partial charge in [-0.05, 0) is 37.6 Å². The fraction of sp³-hybridized carbons (Fsp3) is 0.360. The number of aromatic nitrogens is 4. The molecule has 5 N–H and O–H groups in total. The van der Waals surface area contributed by atoms with Gasteiger partial charge in [0.15, 0.2) is 11.2 Å². The second kappa shape index (κ2) is 12.5. The Kier molecular flexibility index (Phi) is 9.19. The number of carboxylic acid groups (broad SMARTS) is 1. The molecule has 1 aromatic carbocycles. The molecule has 0 saturated carbocycles. The van der Waals surface area contributed by atoms with Gasteiger partial charge in [0, 0.05) is 37.1 Å². The average molecular weight is 524 g/mol. The van der Waals surface area contributed by atoms with Gasteiger partial charge in [-0.15, -0.1) is 0 Å². The van der Waals surface area contributed by atoms with Crippen LogP contribution in [0.25, 0.3) is 11.2 Å². The van der Waals surface area contributed by atoms with Crippen LogP contribution in [-0.2, 0) is 20.9 Å². The number of fused-ring (bicyclic) bond motifs is 1. The fourth-order valence-electron chi connectivity index (χ4n) is 3.67. The summed E-state index contributed by atoms with van der Waals surface area (Å²) >= 11 is 0. The van der Waals surface area contributed by atoms with Crippen molar-refractivity contribution in [3.05, 3.63) is 57.9 Å². The smallest absolute Gasteiger partial charge is 0.326 e. The minimum atomic E-state index is -1.26. The first kappa shape index (κ1) is 27.9. The fourth-order valence-corrected chi connectivity index (χ4v) is 3.67. The van der Waals surface area contributed by atoms with Crippen LogP contribution >= 0.6 is 0 Å². The normalized spacial score (nSPS) is 12.4. The maximum absolute atomic E-state index is 12.6. The highest BCUT2D eigenvalue weighted by Crippen LogP contribution is 2.13. The van der Waals surface area contributed by atoms with Crippen molar-refractivity contribution in [1.82, 2.24) is 30.6 Å². The Balaban J connectivity index is 1.55. The zero-order valence-corrected chi connectivity index (χ0v) is 21.2. The van der Waals surface area contributed by atoms with Gasteiger partial charge in [0.1, 0.15) is 17.6 Å². The molecule has 0 bridgehead atoms. The Labute approximate surface area is 217 Å². The molecular weight excluding hydrogens is 494 g/mol. The maximum Gasteiger partial charge on any atom is 0.326 e. The summed E-state index contributed by atoms with van der Waals surface area (Å²) in [6.07, 6.45) is 1.33. The quantitative estimate of drug-likeness (QED) is 0.228. The van der Waals surface area contributed by atoms with E-state index in [1.807, 2.05) is 0 Å². The largest absolute Gasteiger partial charge is 0.480 e. The summed E-state index contributed by atoms with van der Waals surface area (Å²) in [5.74, 6) is -2.46. The third-order valence-corrected chi connectivity index (χ3v) is 5.75. The van der Waals surface area contributed by atoms with Crippen LogP contribution in [0.1, 0.15) is 48.1 Å². The zero-order valence-electron chi connectivity index (χ0n) is 21.2. The molecule has 200 valence electrons. The Hall–Kier alpha value is -4.68. The van der Waals surface area contributed by atoms with Gasteiger partial charge >= 0.3 is 5.97 Å². The number of hydrogen-bond acceptors (Lipinski definition) is 9. The van der Waals surface area contributed by atoms with Crippen LogP contribution < -0.4 is 21.5 Å². The van der Waals surface area contributed by atoms with E-state index in [-0.39, 0.29) is 59.8 Å². The molecule has 0 aliphatic rings. The number of Topliss-reactive ketones (excluding diaryl/α,β-unsaturated/α-hetero) is 1. The lowest BCUT2D eigenvalue weighted by atomic mass is 9.99. The van der Waals surface area contributed by atoms with E-state index in [1.54, 1.807) is 26.0 Å². The number of H-pyrrole nitrogens is 1. The summed E-state index contributed by atoms with van der Waals surface area (Å²) in [5.41, 5.74) is 1.43. The third kappa shape index (κ3) is 7.41. The molecule has 2 aromatic heterocycles. The summed E-state index contributed by atoms with van der Waals surface area (Å²) in [6, 6.07) is 5.07. The van der Waals surface area contributed by atoms with Crippen LogP contribution in [0.3, 0.4) is 0 Å². The second-order valence-electron chi connectivity index (χ2n) is 8.78. The van der Waals surface area contributed by atoms with Gasteiger partial charge in [-0.3, -0.25) is 19.2 Å². The maximum atomic E-state index is 12.6. The first-order valence-corrected chi connectivity index (χ1v) is 11.9. The summed E-state index contributed by atoms with van der Waals surface area (Å²) < 4.78 is 0. The lowest BCUT2D eigenvalue weighted by Crippen LogP contribution is -2.41. The summed E-state index contributed by atoms with van der Waals surface area (Å²) in [7, 11) is 1.48. The van der Waals surface area contributed by atoms with Crippen molar-refractivity contribution >= 4 is 40.4 Å². The molecule has 3 aromatic rings. The Bertz CT molecular complexity index is 1400. The molecule has 0 aliphatic heterocycles. The van der Waals surface area contributed by atoms with Crippen molar-refractivity contribution in [1.29, 1.82) is 0 Å². The summed E-state index contributed by atoms with van der Waals surface area (Å²) in [5, 5.41) is 17.5. The summed E-state index contributed by atoms with van der Waals surface area (Å²) in [4.78, 5) is 75.2. The van der Waals surface area contributed by atoms with Crippen LogP contribution in [0.4, 0.5) is 5.69 Å². The van der Waals surface area contributed by atoms with Gasteiger partial charge < -0.3 is 26.0 Å². The van der Waals surface area contributed by atoms with Gasteiger partial charge in [0.2, 0.25) is 5.91 Å². The number of benzene rings is 1. The predicted molar refractivity (Wildman–Crippen MR) is 137 cm³/mol. The molecule has 3 rings (SSSR count). The van der Waals surface area contributed by atoms with E-state index in [4.69, 9.17) is 0 Å². The Morgan fingerprint density at radius 1 is 1.11 bits per heavy atom. The predicted octanol–water partition coefficient (Wildman–Crippen LogP) is 0.938. The molecule has 0 saturated heterocycles. The van der Waals surface area contributed by atoms with Crippen LogP contribution in [-0.4, -0.2) is 61.7 Å². The molecule has 13 nitrogen and oxygen atoms in total. The van der Waals surface area contributed by atoms with E-state index in [9.17, 15) is 29.1 Å². The van der Waals surface area contributed by atoms with Crippen molar-refractivity contribution in [2.75, 3.05) is 12.4 Å². The van der Waals surface area contributed by atoms with E-state index in [1.165, 1.54) is 25.4 Å². The average Bonchev–Trinajstić information content (AvgIpc) is 2.89. The van der Waals surface area contributed by atoms with Crippen LogP contribution in [0.2, 0.25) is 0 Å². The molecule has 2 atom stereocenters. The van der Waals surface area contributed by atoms with Crippen LogP contribution in [0, 0.1) is 12.8 Å². The zero-order chi connectivity index (χ0) is 27.8. The number of nitrogens with zero attached hydrogens (tertiary/aromatic N) is 3. The highest BCUT2D eigenvalue weighted by Gasteiger charge is 2.23. The van der Waals surface area contributed by atoms with E-state index in [0.717, 1.165) is 0 Å². The molecule has 0 fully saturated rings. The van der Waals surface area contributed by atoms with Gasteiger partial charge in [-0.2, -0.15) is 0 Å². The number of carbonyl (C=O) groups is 4. The number of aliphatic carboxylic acids is 1. The Morgan fingerprint density at radius 2 is 1.82 bits per heavy atom. The first-order valence-electron chi connectivity index (χ1n) is 11.9. The number of aromatic amines is 1. The van der Waals surface area contributed by atoms with E-state index < -0.39 is 23.8 Å². The van der Waals surface area contributed by atoms with E-state index in [2.05, 4.69) is 35.9 Å². The highest BCUT2D eigenvalue weighted by atomic mass is 16.4. The van der Waals surface area contributed by atoms with Gasteiger partial charge in [0.05, 0.1) is 18.4 Å². The third-order valence-electron chi connectivity index (χ3n) is 5.75. The number of rotatable bonds is 12. The number of ketones is 1. The molecule has 0 radical (unpaired) electrons. The van der Waals surface area contributed by atoms with Crippen LogP contribution in [0.5, 0.6) is 0 Å². The molecule has 2 heterocycles. The monoisotopic (exact) mass is 523 g/mol. The second-order valence-corrected chi connectivity index (χ2v) is 8.78. The van der Waals surface area contributed by atoms with Crippen LogP contribution in [0.15, 0.2) is 35.3 Å². The lowest BCUT2D eigenvalue weighted by Gasteiger charge is -2.15. The molecule has 0 unspecified atom stereocenters. The standard InChI is InChI=1S/C25H29N7O6/c1-13(22(34)26-3)10-18(33)8-9-19(25(37)38)32-23(35)15-4-6-16(7-5-15)27-11-17-12-28-21-20(31-17)24(36)30-14(2)29-21/h4-7,12-13,19,27H,8-11H2,1-3H3,(H,26,34)(H,32,35)(H,37,38)(H,28,29,30,36)/t13-,19+/m1/s1.